The molecule has 2 aromatic heterocycles. The molecule has 0 spiro atoms. The smallest absolute Gasteiger partial charge is 0.434 e. The van der Waals surface area contributed by atoms with Crippen molar-refractivity contribution < 1.29 is 50.1 Å². The molecule has 0 saturated carbocycles. The Balaban J connectivity index is 1.56. The monoisotopic (exact) mass is 692 g/mol. The first-order valence-corrected chi connectivity index (χ1v) is 15.2. The second kappa shape index (κ2) is 15.0. The SMILES string of the molecule is CCOC(=O)c1cnn(-c2cccc(-c3cccc(C(F)(F)F)c3OCc3ccc(CCCNC(=O)OC(C)(C)C)cc3)n2)c1C(F)(F)F. The van der Waals surface area contributed by atoms with Crippen molar-refractivity contribution >= 4 is 12.1 Å². The molecule has 49 heavy (non-hydrogen) atoms. The summed E-state index contributed by atoms with van der Waals surface area (Å²) in [7, 11) is 0. The van der Waals surface area contributed by atoms with Crippen LogP contribution >= 0.6 is 0 Å². The van der Waals surface area contributed by atoms with E-state index < -0.39 is 58.4 Å². The highest BCUT2D eigenvalue weighted by Crippen LogP contribution is 2.42. The number of benzene rings is 2. The van der Waals surface area contributed by atoms with Crippen LogP contribution in [0.25, 0.3) is 17.1 Å². The highest BCUT2D eigenvalue weighted by Gasteiger charge is 2.41. The number of alkyl halides is 6. The van der Waals surface area contributed by atoms with Gasteiger partial charge in [0, 0.05) is 12.1 Å². The third-order valence-corrected chi connectivity index (χ3v) is 6.80. The molecule has 0 aliphatic rings. The van der Waals surface area contributed by atoms with E-state index in [2.05, 4.69) is 15.4 Å². The number of alkyl carbamates (subject to hydrolysis) is 1. The lowest BCUT2D eigenvalue weighted by Gasteiger charge is -2.19. The number of carbonyl (C=O) groups excluding carboxylic acids is 2. The first kappa shape index (κ1) is 36.8. The highest BCUT2D eigenvalue weighted by molar-refractivity contribution is 5.90. The maximum absolute atomic E-state index is 14.2. The minimum atomic E-state index is -5.05. The van der Waals surface area contributed by atoms with E-state index in [-0.39, 0.29) is 24.5 Å². The topological polar surface area (TPSA) is 105 Å². The van der Waals surface area contributed by atoms with E-state index in [1.54, 1.807) is 45.0 Å². The van der Waals surface area contributed by atoms with Crippen molar-refractivity contribution in [2.75, 3.05) is 13.2 Å². The maximum Gasteiger partial charge on any atom is 0.434 e. The molecule has 0 fully saturated rings. The van der Waals surface area contributed by atoms with E-state index in [0.29, 0.717) is 35.8 Å². The van der Waals surface area contributed by atoms with Crippen LogP contribution in [-0.2, 0) is 34.9 Å². The van der Waals surface area contributed by atoms with E-state index >= 15 is 0 Å². The molecule has 4 aromatic rings. The molecule has 2 heterocycles. The number of aryl methyl sites for hydroxylation is 1. The lowest BCUT2D eigenvalue weighted by Crippen LogP contribution is -2.33. The molecule has 15 heteroatoms. The summed E-state index contributed by atoms with van der Waals surface area (Å²) in [6.45, 7) is 6.67. The van der Waals surface area contributed by atoms with Gasteiger partial charge >= 0.3 is 24.4 Å². The van der Waals surface area contributed by atoms with E-state index in [9.17, 15) is 35.9 Å². The van der Waals surface area contributed by atoms with Crippen LogP contribution in [0.4, 0.5) is 31.1 Å². The molecule has 0 saturated heterocycles. The number of hydrogen-bond donors (Lipinski definition) is 1. The number of aromatic nitrogens is 3. The number of para-hydroxylation sites is 1. The number of pyridine rings is 1. The third-order valence-electron chi connectivity index (χ3n) is 6.80. The first-order valence-electron chi connectivity index (χ1n) is 15.2. The van der Waals surface area contributed by atoms with Crippen LogP contribution in [0.2, 0.25) is 0 Å². The van der Waals surface area contributed by atoms with E-state index in [1.165, 1.54) is 31.2 Å². The van der Waals surface area contributed by atoms with Crippen LogP contribution in [0.5, 0.6) is 5.75 Å². The molecular weight excluding hydrogens is 658 g/mol. The quantitative estimate of drug-likeness (QED) is 0.0961. The average molecular weight is 693 g/mol. The van der Waals surface area contributed by atoms with Gasteiger partial charge in [0.1, 0.15) is 23.5 Å². The Morgan fingerprint density at radius 1 is 0.878 bits per heavy atom. The Morgan fingerprint density at radius 3 is 2.18 bits per heavy atom. The van der Waals surface area contributed by atoms with Gasteiger partial charge in [-0.3, -0.25) is 0 Å². The van der Waals surface area contributed by atoms with Gasteiger partial charge in [0.2, 0.25) is 0 Å². The molecule has 2 aromatic carbocycles. The Labute approximate surface area is 278 Å². The number of nitrogens with one attached hydrogen (secondary N) is 1. The summed E-state index contributed by atoms with van der Waals surface area (Å²) in [5.74, 6) is -2.21. The van der Waals surface area contributed by atoms with Gasteiger partial charge in [-0.05, 0) is 75.9 Å². The zero-order valence-electron chi connectivity index (χ0n) is 27.0. The summed E-state index contributed by atoms with van der Waals surface area (Å²) in [4.78, 5) is 28.2. The molecule has 4 rings (SSSR count). The predicted octanol–water partition coefficient (Wildman–Crippen LogP) is 8.18. The van der Waals surface area contributed by atoms with Crippen molar-refractivity contribution in [3.05, 3.63) is 94.8 Å². The van der Waals surface area contributed by atoms with Crippen LogP contribution in [-0.4, -0.2) is 45.6 Å². The standard InChI is InChI=1S/C34H34F6N4O5/c1-5-47-30(45)24-19-42-44(29(24)34(38,39)40)27-13-7-12-26(43-27)23-10-6-11-25(33(35,36)37)28(23)48-20-22-16-14-21(15-17-22)9-8-18-41-31(46)49-32(2,3)4/h6-7,10-17,19H,5,8-9,18,20H2,1-4H3,(H,41,46). The van der Waals surface area contributed by atoms with E-state index in [1.807, 2.05) is 0 Å². The van der Waals surface area contributed by atoms with Crippen molar-refractivity contribution in [3.8, 4) is 22.8 Å². The Bertz CT molecular complexity index is 1760. The summed E-state index contributed by atoms with van der Waals surface area (Å²) in [6, 6.07) is 14.0. The molecular formula is C34H34F6N4O5. The fourth-order valence-electron chi connectivity index (χ4n) is 4.72. The van der Waals surface area contributed by atoms with E-state index in [0.717, 1.165) is 17.7 Å². The van der Waals surface area contributed by atoms with Crippen LogP contribution in [0.1, 0.15) is 66.9 Å². The van der Waals surface area contributed by atoms with Gasteiger partial charge in [0.25, 0.3) is 0 Å². The fourth-order valence-corrected chi connectivity index (χ4v) is 4.72. The normalized spacial score (nSPS) is 12.0. The van der Waals surface area contributed by atoms with Crippen molar-refractivity contribution in [3.63, 3.8) is 0 Å². The van der Waals surface area contributed by atoms with Gasteiger partial charge in [-0.1, -0.05) is 36.4 Å². The van der Waals surface area contributed by atoms with Crippen molar-refractivity contribution in [1.82, 2.24) is 20.1 Å². The van der Waals surface area contributed by atoms with Gasteiger partial charge in [-0.15, -0.1) is 0 Å². The first-order chi connectivity index (χ1) is 23.0. The number of hydrogen-bond acceptors (Lipinski definition) is 7. The number of amides is 1. The molecule has 262 valence electrons. The summed E-state index contributed by atoms with van der Waals surface area (Å²) in [5.41, 5.74) is -2.78. The molecule has 0 radical (unpaired) electrons. The molecule has 1 amide bonds. The van der Waals surface area contributed by atoms with Crippen molar-refractivity contribution in [2.45, 2.75) is 65.1 Å². The molecule has 0 aliphatic carbocycles. The Morgan fingerprint density at radius 2 is 1.55 bits per heavy atom. The summed E-state index contributed by atoms with van der Waals surface area (Å²) >= 11 is 0. The minimum absolute atomic E-state index is 0.128. The van der Waals surface area contributed by atoms with Gasteiger partial charge < -0.3 is 19.5 Å². The van der Waals surface area contributed by atoms with Gasteiger partial charge in [-0.25, -0.2) is 19.3 Å². The second-order valence-electron chi connectivity index (χ2n) is 11.7. The van der Waals surface area contributed by atoms with Crippen LogP contribution < -0.4 is 10.1 Å². The largest absolute Gasteiger partial charge is 0.488 e. The number of nitrogens with zero attached hydrogens (tertiary/aromatic N) is 3. The molecule has 0 aliphatic heterocycles. The summed E-state index contributed by atoms with van der Waals surface area (Å²) in [6.07, 6.45) is -8.46. The Hall–Kier alpha value is -5.08. The molecule has 1 N–H and O–H groups in total. The number of carbonyl (C=O) groups is 2. The second-order valence-corrected chi connectivity index (χ2v) is 11.7. The molecule has 9 nitrogen and oxygen atoms in total. The Kier molecular flexibility index (Phi) is 11.2. The van der Waals surface area contributed by atoms with Crippen molar-refractivity contribution in [2.24, 2.45) is 0 Å². The molecule has 0 bridgehead atoms. The molecule has 0 atom stereocenters. The van der Waals surface area contributed by atoms with Crippen LogP contribution in [0.3, 0.4) is 0 Å². The minimum Gasteiger partial charge on any atom is -0.488 e. The lowest BCUT2D eigenvalue weighted by molar-refractivity contribution is -0.143. The molecule has 0 unspecified atom stereocenters. The van der Waals surface area contributed by atoms with Gasteiger partial charge in [-0.2, -0.15) is 31.4 Å². The highest BCUT2D eigenvalue weighted by atomic mass is 19.4. The summed E-state index contributed by atoms with van der Waals surface area (Å²) < 4.78 is 101. The van der Waals surface area contributed by atoms with Crippen LogP contribution in [0, 0.1) is 0 Å². The van der Waals surface area contributed by atoms with Gasteiger partial charge in [0.15, 0.2) is 11.5 Å². The predicted molar refractivity (Wildman–Crippen MR) is 166 cm³/mol. The van der Waals surface area contributed by atoms with Crippen molar-refractivity contribution in [1.29, 1.82) is 0 Å². The third kappa shape index (κ3) is 9.74. The zero-order valence-corrected chi connectivity index (χ0v) is 27.0. The fraction of sp³-hybridized carbons (Fsp3) is 0.353. The van der Waals surface area contributed by atoms with Crippen LogP contribution in [0.15, 0.2) is 66.9 Å². The lowest BCUT2D eigenvalue weighted by atomic mass is 10.0. The maximum atomic E-state index is 14.2. The number of rotatable bonds is 11. The van der Waals surface area contributed by atoms with E-state index in [4.69, 9.17) is 14.2 Å². The number of esters is 1. The summed E-state index contributed by atoms with van der Waals surface area (Å²) in [5, 5.41) is 6.37. The zero-order chi connectivity index (χ0) is 36.0. The number of halogens is 6. The average Bonchev–Trinajstić information content (AvgIpc) is 3.48. The number of ether oxygens (including phenoxy) is 3. The van der Waals surface area contributed by atoms with Gasteiger partial charge in [0.05, 0.1) is 24.1 Å².